The Labute approximate surface area is 124 Å². The van der Waals surface area contributed by atoms with Crippen LogP contribution in [0.1, 0.15) is 35.2 Å². The Bertz CT molecular complexity index is 542. The molecule has 7 heteroatoms. The maximum absolute atomic E-state index is 12.1. The summed E-state index contributed by atoms with van der Waals surface area (Å²) in [7, 11) is 0. The van der Waals surface area contributed by atoms with Crippen molar-refractivity contribution in [2.75, 3.05) is 0 Å². The highest BCUT2D eigenvalue weighted by Crippen LogP contribution is 2.22. The van der Waals surface area contributed by atoms with Gasteiger partial charge in [-0.15, -0.1) is 11.3 Å². The van der Waals surface area contributed by atoms with Gasteiger partial charge in [0, 0.05) is 11.1 Å². The molecule has 20 heavy (non-hydrogen) atoms. The Kier molecular flexibility index (Phi) is 5.56. The van der Waals surface area contributed by atoms with Gasteiger partial charge >= 0.3 is 0 Å². The molecule has 3 nitrogen and oxygen atoms in total. The van der Waals surface area contributed by atoms with Gasteiger partial charge in [0.1, 0.15) is 16.5 Å². The number of alkyl halides is 2. The lowest BCUT2D eigenvalue weighted by Crippen LogP contribution is -2.17. The molecule has 0 aliphatic heterocycles. The summed E-state index contributed by atoms with van der Waals surface area (Å²) in [6.45, 7) is 4.56. The maximum atomic E-state index is 12.1. The smallest absolute Gasteiger partial charge is 0.284 e. The number of aromatic nitrogens is 1. The molecule has 0 aromatic carbocycles. The Balaban J connectivity index is 1.82. The van der Waals surface area contributed by atoms with Gasteiger partial charge in [0.25, 0.3) is 5.76 Å². The van der Waals surface area contributed by atoms with Crippen molar-refractivity contribution in [3.63, 3.8) is 0 Å². The lowest BCUT2D eigenvalue weighted by molar-refractivity contribution is 0.251. The molecule has 2 aromatic heterocycles. The van der Waals surface area contributed by atoms with E-state index in [4.69, 9.17) is 4.42 Å². The summed E-state index contributed by atoms with van der Waals surface area (Å²) in [4.78, 5) is 4.42. The maximum Gasteiger partial charge on any atom is 0.284 e. The number of nitrogens with zero attached hydrogens (tertiary/aromatic N) is 1. The van der Waals surface area contributed by atoms with E-state index < -0.39 is 5.76 Å². The quantitative estimate of drug-likeness (QED) is 0.823. The molecule has 1 N–H and O–H groups in total. The predicted molar refractivity (Wildman–Crippen MR) is 78.1 cm³/mol. The Morgan fingerprint density at radius 3 is 2.80 bits per heavy atom. The standard InChI is InChI=1S/C13H16F2N2OS2/c1-8-6-19-12(17-8)9(2)16-5-10-3-4-11(18-10)7-20-13(14)15/h3-4,6,9,13,16H,5,7H2,1-2H3. The van der Waals surface area contributed by atoms with Crippen molar-refractivity contribution in [1.29, 1.82) is 0 Å². The SMILES string of the molecule is Cc1csc(C(C)NCc2ccc(CSC(F)F)o2)n1. The van der Waals surface area contributed by atoms with Crippen molar-refractivity contribution in [1.82, 2.24) is 10.3 Å². The first-order valence-electron chi connectivity index (χ1n) is 6.17. The summed E-state index contributed by atoms with van der Waals surface area (Å²) in [5, 5.41) is 6.35. The Morgan fingerprint density at radius 1 is 1.40 bits per heavy atom. The van der Waals surface area contributed by atoms with E-state index in [9.17, 15) is 8.78 Å². The highest BCUT2D eigenvalue weighted by molar-refractivity contribution is 7.98. The largest absolute Gasteiger partial charge is 0.464 e. The van der Waals surface area contributed by atoms with Crippen LogP contribution in [-0.2, 0) is 12.3 Å². The lowest BCUT2D eigenvalue weighted by Gasteiger charge is -2.09. The highest BCUT2D eigenvalue weighted by Gasteiger charge is 2.11. The van der Waals surface area contributed by atoms with Gasteiger partial charge in [-0.1, -0.05) is 11.8 Å². The van der Waals surface area contributed by atoms with Crippen molar-refractivity contribution in [3.8, 4) is 0 Å². The zero-order valence-electron chi connectivity index (χ0n) is 11.2. The molecule has 0 fully saturated rings. The molecule has 110 valence electrons. The van der Waals surface area contributed by atoms with E-state index in [2.05, 4.69) is 10.3 Å². The van der Waals surface area contributed by atoms with E-state index in [0.717, 1.165) is 16.5 Å². The molecule has 0 aliphatic rings. The Hall–Kier alpha value is -0.920. The molecule has 2 heterocycles. The summed E-state index contributed by atoms with van der Waals surface area (Å²) < 4.78 is 29.6. The minimum Gasteiger partial charge on any atom is -0.464 e. The number of aryl methyl sites for hydroxylation is 1. The van der Waals surface area contributed by atoms with Crippen molar-refractivity contribution in [2.45, 2.75) is 37.9 Å². The predicted octanol–water partition coefficient (Wildman–Crippen LogP) is 4.35. The fraction of sp³-hybridized carbons (Fsp3) is 0.462. The first-order chi connectivity index (χ1) is 9.54. The number of rotatable bonds is 7. The summed E-state index contributed by atoms with van der Waals surface area (Å²) in [5.74, 6) is -0.853. The average molecular weight is 318 g/mol. The van der Waals surface area contributed by atoms with Gasteiger partial charge in [-0.2, -0.15) is 8.78 Å². The molecular formula is C13H16F2N2OS2. The van der Waals surface area contributed by atoms with Crippen LogP contribution in [0.15, 0.2) is 21.9 Å². The second kappa shape index (κ2) is 7.19. The average Bonchev–Trinajstić information content (AvgIpc) is 3.02. The van der Waals surface area contributed by atoms with Crippen molar-refractivity contribution in [2.24, 2.45) is 0 Å². The van der Waals surface area contributed by atoms with Crippen LogP contribution < -0.4 is 5.32 Å². The molecule has 1 atom stereocenters. The van der Waals surface area contributed by atoms with Gasteiger partial charge in [-0.3, -0.25) is 0 Å². The number of thiazole rings is 1. The van der Waals surface area contributed by atoms with Gasteiger partial charge < -0.3 is 9.73 Å². The van der Waals surface area contributed by atoms with Crippen LogP contribution in [0.4, 0.5) is 8.78 Å². The summed E-state index contributed by atoms with van der Waals surface area (Å²) in [5.41, 5.74) is 1.02. The van der Waals surface area contributed by atoms with Gasteiger partial charge in [-0.05, 0) is 26.0 Å². The zero-order valence-corrected chi connectivity index (χ0v) is 12.9. The van der Waals surface area contributed by atoms with E-state index >= 15 is 0 Å². The van der Waals surface area contributed by atoms with Crippen LogP contribution in [0.2, 0.25) is 0 Å². The first kappa shape index (κ1) is 15.5. The summed E-state index contributed by atoms with van der Waals surface area (Å²) in [6.07, 6.45) is 0. The van der Waals surface area contributed by atoms with Gasteiger partial charge in [0.2, 0.25) is 0 Å². The Morgan fingerprint density at radius 2 is 2.15 bits per heavy atom. The fourth-order valence-electron chi connectivity index (χ4n) is 1.65. The molecule has 0 saturated carbocycles. The summed E-state index contributed by atoms with van der Waals surface area (Å²) in [6, 6.07) is 3.69. The summed E-state index contributed by atoms with van der Waals surface area (Å²) >= 11 is 2.18. The van der Waals surface area contributed by atoms with Gasteiger partial charge in [0.15, 0.2) is 0 Å². The minimum atomic E-state index is -2.37. The number of thioether (sulfide) groups is 1. The van der Waals surface area contributed by atoms with Crippen LogP contribution in [0.25, 0.3) is 0 Å². The molecule has 2 rings (SSSR count). The number of furan rings is 1. The van der Waals surface area contributed by atoms with Crippen LogP contribution in [0.3, 0.4) is 0 Å². The molecular weight excluding hydrogens is 302 g/mol. The van der Waals surface area contributed by atoms with E-state index in [-0.39, 0.29) is 11.8 Å². The third-order valence-corrected chi connectivity index (χ3v) is 4.51. The second-order valence-electron chi connectivity index (χ2n) is 4.37. The van der Waals surface area contributed by atoms with E-state index in [1.165, 1.54) is 0 Å². The van der Waals surface area contributed by atoms with Crippen molar-refractivity contribution in [3.05, 3.63) is 39.7 Å². The van der Waals surface area contributed by atoms with Gasteiger partial charge in [0.05, 0.1) is 18.3 Å². The third-order valence-electron chi connectivity index (χ3n) is 2.66. The first-order valence-corrected chi connectivity index (χ1v) is 8.10. The van der Waals surface area contributed by atoms with Crippen LogP contribution >= 0.6 is 23.1 Å². The van der Waals surface area contributed by atoms with E-state index in [1.807, 2.05) is 25.3 Å². The van der Waals surface area contributed by atoms with E-state index in [0.29, 0.717) is 24.1 Å². The highest BCUT2D eigenvalue weighted by atomic mass is 32.2. The topological polar surface area (TPSA) is 38.1 Å². The third kappa shape index (κ3) is 4.57. The molecule has 2 aromatic rings. The number of hydrogen-bond acceptors (Lipinski definition) is 5. The van der Waals surface area contributed by atoms with Gasteiger partial charge in [-0.25, -0.2) is 4.98 Å². The van der Waals surface area contributed by atoms with Crippen LogP contribution in [0, 0.1) is 6.92 Å². The molecule has 0 saturated heterocycles. The fourth-order valence-corrected chi connectivity index (χ4v) is 2.93. The molecule has 1 unspecified atom stereocenters. The minimum absolute atomic E-state index is 0.137. The molecule has 0 aliphatic carbocycles. The molecule has 0 amide bonds. The second-order valence-corrected chi connectivity index (χ2v) is 6.24. The van der Waals surface area contributed by atoms with Crippen LogP contribution in [-0.4, -0.2) is 10.7 Å². The number of halogens is 2. The molecule has 0 spiro atoms. The van der Waals surface area contributed by atoms with Crippen molar-refractivity contribution < 1.29 is 13.2 Å². The number of nitrogens with one attached hydrogen (secondary N) is 1. The number of hydrogen-bond donors (Lipinski definition) is 1. The lowest BCUT2D eigenvalue weighted by atomic mass is 10.3. The zero-order chi connectivity index (χ0) is 14.5. The molecule has 0 bridgehead atoms. The monoisotopic (exact) mass is 318 g/mol. The molecule has 0 radical (unpaired) electrons. The van der Waals surface area contributed by atoms with Crippen molar-refractivity contribution >= 4 is 23.1 Å². The normalized spacial score (nSPS) is 13.1. The van der Waals surface area contributed by atoms with E-state index in [1.54, 1.807) is 17.4 Å². The van der Waals surface area contributed by atoms with Crippen LogP contribution in [0.5, 0.6) is 0 Å².